The first kappa shape index (κ1) is 21.1. The molecule has 2 rings (SSSR count). The fraction of sp³-hybridized carbons (Fsp3) is 0.316. The summed E-state index contributed by atoms with van der Waals surface area (Å²) in [7, 11) is -2.13. The zero-order chi connectivity index (χ0) is 20.2. The highest BCUT2D eigenvalue weighted by Crippen LogP contribution is 2.26. The van der Waals surface area contributed by atoms with E-state index in [4.69, 9.17) is 16.3 Å². The van der Waals surface area contributed by atoms with E-state index in [0.717, 1.165) is 16.1 Å². The molecule has 146 valence electrons. The predicted molar refractivity (Wildman–Crippen MR) is 108 cm³/mol. The molecular formula is C19H23ClN2O4S. The number of halogens is 1. The average Bonchev–Trinajstić information content (AvgIpc) is 2.62. The Balaban J connectivity index is 2.26. The van der Waals surface area contributed by atoms with Gasteiger partial charge in [0, 0.05) is 10.6 Å². The van der Waals surface area contributed by atoms with E-state index in [2.05, 4.69) is 5.32 Å². The first-order chi connectivity index (χ1) is 12.6. The van der Waals surface area contributed by atoms with Crippen molar-refractivity contribution in [1.82, 2.24) is 5.32 Å². The number of methoxy groups -OCH3 is 1. The molecule has 2 aromatic carbocycles. The van der Waals surface area contributed by atoms with Gasteiger partial charge in [-0.2, -0.15) is 0 Å². The number of hydrogen-bond acceptors (Lipinski definition) is 4. The van der Waals surface area contributed by atoms with Crippen LogP contribution in [0.4, 0.5) is 5.69 Å². The Morgan fingerprint density at radius 1 is 1.11 bits per heavy atom. The van der Waals surface area contributed by atoms with Crippen LogP contribution in [0.2, 0.25) is 5.02 Å². The predicted octanol–water partition coefficient (Wildman–Crippen LogP) is 3.38. The minimum absolute atomic E-state index is 0.359. The second kappa shape index (κ2) is 8.63. The summed E-state index contributed by atoms with van der Waals surface area (Å²) in [6.45, 7) is 3.36. The van der Waals surface area contributed by atoms with Crippen LogP contribution in [-0.2, 0) is 14.8 Å². The van der Waals surface area contributed by atoms with Crippen LogP contribution in [0.25, 0.3) is 0 Å². The maximum absolute atomic E-state index is 12.8. The maximum atomic E-state index is 12.8. The van der Waals surface area contributed by atoms with Crippen molar-refractivity contribution in [3.8, 4) is 5.75 Å². The van der Waals surface area contributed by atoms with E-state index >= 15 is 0 Å². The summed E-state index contributed by atoms with van der Waals surface area (Å²) < 4.78 is 31.0. The van der Waals surface area contributed by atoms with Crippen LogP contribution in [0.3, 0.4) is 0 Å². The number of benzene rings is 2. The minimum Gasteiger partial charge on any atom is -0.496 e. The van der Waals surface area contributed by atoms with Crippen molar-refractivity contribution < 1.29 is 17.9 Å². The highest BCUT2D eigenvalue weighted by Gasteiger charge is 2.30. The lowest BCUT2D eigenvalue weighted by atomic mass is 10.1. The first-order valence-electron chi connectivity index (χ1n) is 8.33. The summed E-state index contributed by atoms with van der Waals surface area (Å²) in [5, 5.41) is 3.33. The average molecular weight is 411 g/mol. The van der Waals surface area contributed by atoms with Gasteiger partial charge in [0.25, 0.3) is 0 Å². The molecule has 0 bridgehead atoms. The molecule has 27 heavy (non-hydrogen) atoms. The van der Waals surface area contributed by atoms with Crippen LogP contribution in [-0.4, -0.2) is 33.7 Å². The largest absolute Gasteiger partial charge is 0.496 e. The molecule has 2 aromatic rings. The molecule has 1 N–H and O–H groups in total. The van der Waals surface area contributed by atoms with E-state index in [9.17, 15) is 13.2 Å². The van der Waals surface area contributed by atoms with E-state index in [1.54, 1.807) is 44.4 Å². The molecule has 0 aliphatic heterocycles. The molecule has 2 atom stereocenters. The van der Waals surface area contributed by atoms with Gasteiger partial charge in [0.2, 0.25) is 15.9 Å². The Labute approximate surface area is 165 Å². The number of carbonyl (C=O) groups is 1. The van der Waals surface area contributed by atoms with E-state index in [1.165, 1.54) is 0 Å². The fourth-order valence-electron chi connectivity index (χ4n) is 2.83. The smallest absolute Gasteiger partial charge is 0.244 e. The van der Waals surface area contributed by atoms with Gasteiger partial charge in [-0.15, -0.1) is 0 Å². The van der Waals surface area contributed by atoms with Gasteiger partial charge in [-0.1, -0.05) is 29.8 Å². The van der Waals surface area contributed by atoms with Crippen molar-refractivity contribution in [1.29, 1.82) is 0 Å². The third kappa shape index (κ3) is 5.14. The molecule has 0 heterocycles. The van der Waals surface area contributed by atoms with Gasteiger partial charge in [0.05, 0.1) is 25.1 Å². The minimum atomic E-state index is -3.68. The van der Waals surface area contributed by atoms with Crippen molar-refractivity contribution in [3.05, 3.63) is 59.1 Å². The number of rotatable bonds is 7. The Morgan fingerprint density at radius 3 is 2.26 bits per heavy atom. The maximum Gasteiger partial charge on any atom is 0.244 e. The number of nitrogens with zero attached hydrogens (tertiary/aromatic N) is 1. The molecule has 6 nitrogen and oxygen atoms in total. The normalized spacial score (nSPS) is 13.5. The highest BCUT2D eigenvalue weighted by atomic mass is 35.5. The van der Waals surface area contributed by atoms with E-state index < -0.39 is 22.0 Å². The van der Waals surface area contributed by atoms with E-state index in [-0.39, 0.29) is 6.04 Å². The molecule has 0 saturated heterocycles. The molecule has 0 aliphatic rings. The summed E-state index contributed by atoms with van der Waals surface area (Å²) >= 11 is 5.88. The van der Waals surface area contributed by atoms with Crippen LogP contribution in [0.15, 0.2) is 48.5 Å². The van der Waals surface area contributed by atoms with Crippen molar-refractivity contribution in [2.45, 2.75) is 25.9 Å². The lowest BCUT2D eigenvalue weighted by molar-refractivity contribution is -0.122. The molecule has 0 unspecified atom stereocenters. The van der Waals surface area contributed by atoms with Gasteiger partial charge < -0.3 is 10.1 Å². The van der Waals surface area contributed by atoms with Crippen LogP contribution >= 0.6 is 11.6 Å². The number of anilines is 1. The van der Waals surface area contributed by atoms with Crippen LogP contribution < -0.4 is 14.4 Å². The van der Waals surface area contributed by atoms with Crippen LogP contribution in [0, 0.1) is 0 Å². The summed E-state index contributed by atoms with van der Waals surface area (Å²) in [5.41, 5.74) is 1.17. The summed E-state index contributed by atoms with van der Waals surface area (Å²) in [4.78, 5) is 12.8. The Hall–Kier alpha value is -2.25. The third-order valence-corrected chi connectivity index (χ3v) is 5.63. The molecular weight excluding hydrogens is 388 g/mol. The lowest BCUT2D eigenvalue weighted by Crippen LogP contribution is -2.48. The van der Waals surface area contributed by atoms with Gasteiger partial charge in [-0.05, 0) is 44.2 Å². The second-order valence-electron chi connectivity index (χ2n) is 6.18. The Bertz CT molecular complexity index is 900. The van der Waals surface area contributed by atoms with E-state index in [0.29, 0.717) is 16.5 Å². The summed E-state index contributed by atoms with van der Waals surface area (Å²) in [5.74, 6) is 0.226. The van der Waals surface area contributed by atoms with Gasteiger partial charge in [0.15, 0.2) is 0 Å². The molecule has 0 saturated carbocycles. The molecule has 1 amide bonds. The fourth-order valence-corrected chi connectivity index (χ4v) is 4.13. The molecule has 8 heteroatoms. The third-order valence-electron chi connectivity index (χ3n) is 4.13. The standard InChI is InChI=1S/C19H23ClN2O4S/c1-13(17-7-5-6-8-18(17)26-3)21-19(23)14(2)22(27(4,24)25)16-11-9-15(20)10-12-16/h5-14H,1-4H3,(H,21,23)/t13-,14-/m0/s1. The second-order valence-corrected chi connectivity index (χ2v) is 8.48. The topological polar surface area (TPSA) is 75.7 Å². The van der Waals surface area contributed by atoms with Crippen molar-refractivity contribution in [2.24, 2.45) is 0 Å². The monoisotopic (exact) mass is 410 g/mol. The molecule has 0 radical (unpaired) electrons. The number of amides is 1. The zero-order valence-electron chi connectivity index (χ0n) is 15.6. The van der Waals surface area contributed by atoms with Gasteiger partial charge in [-0.3, -0.25) is 9.10 Å². The quantitative estimate of drug-likeness (QED) is 0.759. The molecule has 0 fully saturated rings. The first-order valence-corrected chi connectivity index (χ1v) is 10.6. The number of para-hydroxylation sites is 1. The van der Waals surface area contributed by atoms with Crippen molar-refractivity contribution in [2.75, 3.05) is 17.7 Å². The van der Waals surface area contributed by atoms with Crippen molar-refractivity contribution in [3.63, 3.8) is 0 Å². The van der Waals surface area contributed by atoms with Crippen LogP contribution in [0.1, 0.15) is 25.5 Å². The molecule has 0 aliphatic carbocycles. The number of nitrogens with one attached hydrogen (secondary N) is 1. The summed E-state index contributed by atoms with van der Waals surface area (Å²) in [6, 6.07) is 12.3. The molecule has 0 spiro atoms. The summed E-state index contributed by atoms with van der Waals surface area (Å²) in [6.07, 6.45) is 1.06. The number of hydrogen-bond donors (Lipinski definition) is 1. The Kier molecular flexibility index (Phi) is 6.73. The van der Waals surface area contributed by atoms with Crippen molar-refractivity contribution >= 4 is 33.2 Å². The van der Waals surface area contributed by atoms with Gasteiger partial charge >= 0.3 is 0 Å². The Morgan fingerprint density at radius 2 is 1.70 bits per heavy atom. The number of carbonyl (C=O) groups excluding carboxylic acids is 1. The number of ether oxygens (including phenoxy) is 1. The van der Waals surface area contributed by atoms with Crippen LogP contribution in [0.5, 0.6) is 5.75 Å². The van der Waals surface area contributed by atoms with Gasteiger partial charge in [-0.25, -0.2) is 8.42 Å². The SMILES string of the molecule is COc1ccccc1[C@H](C)NC(=O)[C@H](C)N(c1ccc(Cl)cc1)S(C)(=O)=O. The highest BCUT2D eigenvalue weighted by molar-refractivity contribution is 7.92. The van der Waals surface area contributed by atoms with Gasteiger partial charge in [0.1, 0.15) is 11.8 Å². The van der Waals surface area contributed by atoms with E-state index in [1.807, 2.05) is 25.1 Å². The zero-order valence-corrected chi connectivity index (χ0v) is 17.2. The molecule has 0 aromatic heterocycles. The lowest BCUT2D eigenvalue weighted by Gasteiger charge is -2.29. The number of sulfonamides is 1.